The molecule has 0 radical (unpaired) electrons. The maximum Gasteiger partial charge on any atom is 0.229 e. The van der Waals surface area contributed by atoms with Gasteiger partial charge in [-0.2, -0.15) is 0 Å². The fourth-order valence-electron chi connectivity index (χ4n) is 2.92. The van der Waals surface area contributed by atoms with E-state index in [1.807, 2.05) is 38.1 Å². The van der Waals surface area contributed by atoms with Gasteiger partial charge in [0.15, 0.2) is 0 Å². The average molecular weight is 345 g/mol. The Morgan fingerprint density at radius 3 is 2.92 bits per heavy atom. The minimum Gasteiger partial charge on any atom is -0.340 e. The van der Waals surface area contributed by atoms with E-state index in [0.717, 1.165) is 30.6 Å². The highest BCUT2D eigenvalue weighted by atomic mass is 35.5. The van der Waals surface area contributed by atoms with Crippen LogP contribution >= 0.6 is 11.6 Å². The van der Waals surface area contributed by atoms with E-state index in [4.69, 9.17) is 11.6 Å². The molecule has 1 atom stereocenters. The summed E-state index contributed by atoms with van der Waals surface area (Å²) in [5, 5.41) is 3.52. The molecule has 2 heterocycles. The van der Waals surface area contributed by atoms with Crippen LogP contribution in [-0.2, 0) is 4.79 Å². The predicted octanol–water partition coefficient (Wildman–Crippen LogP) is 3.60. The third-order valence-electron chi connectivity index (χ3n) is 4.24. The molecular formula is C18H21ClN4O. The number of benzene rings is 1. The monoisotopic (exact) mass is 344 g/mol. The van der Waals surface area contributed by atoms with Crippen molar-refractivity contribution in [3.63, 3.8) is 0 Å². The van der Waals surface area contributed by atoms with Crippen molar-refractivity contribution in [3.05, 3.63) is 46.7 Å². The molecule has 0 saturated carbocycles. The number of nitrogens with one attached hydrogen (secondary N) is 1. The first-order chi connectivity index (χ1) is 11.5. The fourth-order valence-corrected chi connectivity index (χ4v) is 3.20. The van der Waals surface area contributed by atoms with Crippen LogP contribution in [0.4, 0.5) is 11.6 Å². The van der Waals surface area contributed by atoms with E-state index in [9.17, 15) is 4.79 Å². The second-order valence-electron chi connectivity index (χ2n) is 6.26. The lowest BCUT2D eigenvalue weighted by Crippen LogP contribution is -2.41. The number of aryl methyl sites for hydroxylation is 2. The molecule has 0 aliphatic carbocycles. The zero-order valence-electron chi connectivity index (χ0n) is 13.9. The zero-order valence-corrected chi connectivity index (χ0v) is 14.7. The van der Waals surface area contributed by atoms with Gasteiger partial charge < -0.3 is 10.2 Å². The lowest BCUT2D eigenvalue weighted by atomic mass is 9.97. The Morgan fingerprint density at radius 2 is 2.17 bits per heavy atom. The molecule has 1 aliphatic rings. The smallest absolute Gasteiger partial charge is 0.229 e. The molecule has 126 valence electrons. The van der Waals surface area contributed by atoms with Gasteiger partial charge in [-0.1, -0.05) is 17.7 Å². The topological polar surface area (TPSA) is 58.1 Å². The highest BCUT2D eigenvalue weighted by Gasteiger charge is 2.27. The number of halogens is 1. The van der Waals surface area contributed by atoms with Crippen LogP contribution in [0.2, 0.25) is 5.02 Å². The summed E-state index contributed by atoms with van der Waals surface area (Å²) in [5.74, 6) is 0.596. The summed E-state index contributed by atoms with van der Waals surface area (Å²) in [7, 11) is 0. The van der Waals surface area contributed by atoms with Gasteiger partial charge in [0.1, 0.15) is 0 Å². The molecule has 2 aromatic rings. The Labute approximate surface area is 147 Å². The normalized spacial score (nSPS) is 17.6. The summed E-state index contributed by atoms with van der Waals surface area (Å²) < 4.78 is 0. The van der Waals surface area contributed by atoms with Gasteiger partial charge in [-0.25, -0.2) is 9.97 Å². The van der Waals surface area contributed by atoms with E-state index in [0.29, 0.717) is 23.2 Å². The number of anilines is 2. The standard InChI is InChI=1S/C18H21ClN4O/c1-12-5-6-16(15(19)10-12)22-17(24)14-4-3-9-23(11-14)18-20-8-7-13(2)21-18/h5-8,10,14H,3-4,9,11H2,1-2H3,(H,22,24)/t14-/m0/s1. The van der Waals surface area contributed by atoms with Crippen LogP contribution in [0.5, 0.6) is 0 Å². The first-order valence-electron chi connectivity index (χ1n) is 8.14. The lowest BCUT2D eigenvalue weighted by Gasteiger charge is -2.32. The van der Waals surface area contributed by atoms with Gasteiger partial charge in [-0.15, -0.1) is 0 Å². The summed E-state index contributed by atoms with van der Waals surface area (Å²) in [5.41, 5.74) is 2.66. The van der Waals surface area contributed by atoms with Gasteiger partial charge in [0.25, 0.3) is 0 Å². The predicted molar refractivity (Wildman–Crippen MR) is 96.5 cm³/mol. The van der Waals surface area contributed by atoms with E-state index in [2.05, 4.69) is 20.2 Å². The van der Waals surface area contributed by atoms with E-state index >= 15 is 0 Å². The summed E-state index contributed by atoms with van der Waals surface area (Å²) in [6.45, 7) is 5.41. The van der Waals surface area contributed by atoms with E-state index in [1.165, 1.54) is 0 Å². The molecule has 0 spiro atoms. The van der Waals surface area contributed by atoms with Gasteiger partial charge in [-0.05, 0) is 50.5 Å². The molecule has 5 nitrogen and oxygen atoms in total. The zero-order chi connectivity index (χ0) is 17.1. The van der Waals surface area contributed by atoms with Crippen molar-refractivity contribution >= 4 is 29.1 Å². The van der Waals surface area contributed by atoms with Crippen molar-refractivity contribution in [3.8, 4) is 0 Å². The Bertz CT molecular complexity index is 750. The average Bonchev–Trinajstić information content (AvgIpc) is 2.57. The molecule has 0 bridgehead atoms. The molecule has 1 amide bonds. The van der Waals surface area contributed by atoms with Gasteiger partial charge >= 0.3 is 0 Å². The number of hydrogen-bond donors (Lipinski definition) is 1. The van der Waals surface area contributed by atoms with Gasteiger partial charge in [0.05, 0.1) is 16.6 Å². The summed E-state index contributed by atoms with van der Waals surface area (Å²) >= 11 is 6.21. The maximum atomic E-state index is 12.6. The third-order valence-corrected chi connectivity index (χ3v) is 4.55. The minimum absolute atomic E-state index is 0.00175. The minimum atomic E-state index is -0.0970. The molecule has 1 aromatic carbocycles. The molecule has 1 saturated heterocycles. The van der Waals surface area contributed by atoms with Crippen LogP contribution in [0.3, 0.4) is 0 Å². The quantitative estimate of drug-likeness (QED) is 0.924. The lowest BCUT2D eigenvalue weighted by molar-refractivity contribution is -0.120. The Kier molecular flexibility index (Phi) is 5.00. The number of carbonyl (C=O) groups excluding carboxylic acids is 1. The molecular weight excluding hydrogens is 324 g/mol. The molecule has 0 unspecified atom stereocenters. The van der Waals surface area contributed by atoms with E-state index in [1.54, 1.807) is 6.20 Å². The Morgan fingerprint density at radius 1 is 1.33 bits per heavy atom. The largest absolute Gasteiger partial charge is 0.340 e. The number of aromatic nitrogens is 2. The van der Waals surface area contributed by atoms with Crippen molar-refractivity contribution in [1.82, 2.24) is 9.97 Å². The van der Waals surface area contributed by atoms with Gasteiger partial charge in [-0.3, -0.25) is 4.79 Å². The highest BCUT2D eigenvalue weighted by molar-refractivity contribution is 6.33. The van der Waals surface area contributed by atoms with Crippen molar-refractivity contribution in [2.45, 2.75) is 26.7 Å². The SMILES string of the molecule is Cc1ccc(NC(=O)[C@H]2CCCN(c3nccc(C)n3)C2)c(Cl)c1. The number of carbonyl (C=O) groups is 1. The van der Waals surface area contributed by atoms with Crippen LogP contribution in [-0.4, -0.2) is 29.0 Å². The highest BCUT2D eigenvalue weighted by Crippen LogP contribution is 2.26. The molecule has 3 rings (SSSR count). The number of rotatable bonds is 3. The Balaban J connectivity index is 1.69. The maximum absolute atomic E-state index is 12.6. The number of hydrogen-bond acceptors (Lipinski definition) is 4. The second-order valence-corrected chi connectivity index (χ2v) is 6.66. The van der Waals surface area contributed by atoms with Crippen LogP contribution in [0.1, 0.15) is 24.1 Å². The molecule has 1 aromatic heterocycles. The number of piperidine rings is 1. The van der Waals surface area contributed by atoms with Crippen LogP contribution < -0.4 is 10.2 Å². The summed E-state index contributed by atoms with van der Waals surface area (Å²) in [6.07, 6.45) is 3.56. The first-order valence-corrected chi connectivity index (χ1v) is 8.52. The fraction of sp³-hybridized carbons (Fsp3) is 0.389. The van der Waals surface area contributed by atoms with Crippen molar-refractivity contribution in [1.29, 1.82) is 0 Å². The van der Waals surface area contributed by atoms with Crippen molar-refractivity contribution in [2.24, 2.45) is 5.92 Å². The van der Waals surface area contributed by atoms with Crippen LogP contribution in [0, 0.1) is 19.8 Å². The molecule has 1 fully saturated rings. The number of amides is 1. The molecule has 1 aliphatic heterocycles. The third kappa shape index (κ3) is 3.85. The van der Waals surface area contributed by atoms with Crippen LogP contribution in [0.15, 0.2) is 30.5 Å². The van der Waals surface area contributed by atoms with Gasteiger partial charge in [0.2, 0.25) is 11.9 Å². The van der Waals surface area contributed by atoms with E-state index < -0.39 is 0 Å². The van der Waals surface area contributed by atoms with Crippen molar-refractivity contribution in [2.75, 3.05) is 23.3 Å². The Hall–Kier alpha value is -2.14. The van der Waals surface area contributed by atoms with Crippen LogP contribution in [0.25, 0.3) is 0 Å². The first kappa shape index (κ1) is 16.7. The molecule has 6 heteroatoms. The van der Waals surface area contributed by atoms with E-state index in [-0.39, 0.29) is 11.8 Å². The summed E-state index contributed by atoms with van der Waals surface area (Å²) in [4.78, 5) is 23.5. The molecule has 24 heavy (non-hydrogen) atoms. The molecule has 1 N–H and O–H groups in total. The van der Waals surface area contributed by atoms with Gasteiger partial charge in [0, 0.05) is 25.0 Å². The number of nitrogens with zero attached hydrogens (tertiary/aromatic N) is 3. The summed E-state index contributed by atoms with van der Waals surface area (Å²) in [6, 6.07) is 7.51. The second kappa shape index (κ2) is 7.18. The van der Waals surface area contributed by atoms with Crippen molar-refractivity contribution < 1.29 is 4.79 Å².